The standard InChI is InChI=1S/C20H22ClN3O6/c1-11(25)19(24-23-12-6-7-15(27-2)18(8-12)30-5)20(26)22-14-9-13(21)16(28-3)10-17(14)29-4/h6-10,19H,1-5H3,(H,22,26). The molecule has 0 aromatic heterocycles. The SMILES string of the molecule is COc1cc(OC)c(NC(=O)C(N=Nc2ccc(OC)c(OC)c2)C(C)=O)cc1Cl. The van der Waals surface area contributed by atoms with Crippen LogP contribution in [0.15, 0.2) is 40.6 Å². The molecule has 10 heteroatoms. The number of Topliss-reactive ketones (excluding diaryl/α,β-unsaturated/α-hetero) is 1. The summed E-state index contributed by atoms with van der Waals surface area (Å²) in [6, 6.07) is 6.44. The van der Waals surface area contributed by atoms with E-state index in [4.69, 9.17) is 30.5 Å². The lowest BCUT2D eigenvalue weighted by Gasteiger charge is -2.14. The summed E-state index contributed by atoms with van der Waals surface area (Å²) in [4.78, 5) is 24.7. The number of carbonyl (C=O) groups is 2. The van der Waals surface area contributed by atoms with Crippen LogP contribution < -0.4 is 24.3 Å². The molecule has 0 bridgehead atoms. The molecule has 0 aliphatic carbocycles. The average Bonchev–Trinajstić information content (AvgIpc) is 2.73. The number of hydrogen-bond donors (Lipinski definition) is 1. The first-order valence-corrected chi connectivity index (χ1v) is 9.08. The Morgan fingerprint density at radius 2 is 1.53 bits per heavy atom. The maximum absolute atomic E-state index is 12.7. The molecule has 160 valence electrons. The lowest BCUT2D eigenvalue weighted by atomic mass is 10.2. The van der Waals surface area contributed by atoms with Crippen molar-refractivity contribution in [3.63, 3.8) is 0 Å². The van der Waals surface area contributed by atoms with Gasteiger partial charge < -0.3 is 24.3 Å². The van der Waals surface area contributed by atoms with Gasteiger partial charge in [0, 0.05) is 12.1 Å². The normalized spacial score (nSPS) is 11.7. The number of halogens is 1. The summed E-state index contributed by atoms with van der Waals surface area (Å²) in [7, 11) is 5.88. The highest BCUT2D eigenvalue weighted by atomic mass is 35.5. The fourth-order valence-corrected chi connectivity index (χ4v) is 2.73. The second-order valence-electron chi connectivity index (χ2n) is 5.94. The molecule has 0 aliphatic heterocycles. The first-order chi connectivity index (χ1) is 14.3. The summed E-state index contributed by atoms with van der Waals surface area (Å²) >= 11 is 6.12. The summed E-state index contributed by atoms with van der Waals surface area (Å²) in [6.45, 7) is 1.25. The fraction of sp³-hybridized carbons (Fsp3) is 0.300. The number of methoxy groups -OCH3 is 4. The molecule has 0 fully saturated rings. The van der Waals surface area contributed by atoms with Gasteiger partial charge in [0.1, 0.15) is 11.5 Å². The highest BCUT2D eigenvalue weighted by Gasteiger charge is 2.25. The Balaban J connectivity index is 2.27. The van der Waals surface area contributed by atoms with E-state index in [1.165, 1.54) is 47.5 Å². The number of nitrogens with zero attached hydrogens (tertiary/aromatic N) is 2. The molecular weight excluding hydrogens is 414 g/mol. The molecule has 0 heterocycles. The van der Waals surface area contributed by atoms with Crippen LogP contribution in [0.3, 0.4) is 0 Å². The van der Waals surface area contributed by atoms with Gasteiger partial charge in [0.05, 0.1) is 44.8 Å². The fourth-order valence-electron chi connectivity index (χ4n) is 2.49. The van der Waals surface area contributed by atoms with Crippen LogP contribution in [-0.2, 0) is 9.59 Å². The minimum atomic E-state index is -1.37. The Kier molecular flexibility index (Phi) is 7.99. The summed E-state index contributed by atoms with van der Waals surface area (Å²) < 4.78 is 20.7. The van der Waals surface area contributed by atoms with Gasteiger partial charge in [-0.3, -0.25) is 9.59 Å². The van der Waals surface area contributed by atoms with Crippen LogP contribution in [0.5, 0.6) is 23.0 Å². The highest BCUT2D eigenvalue weighted by molar-refractivity contribution is 6.32. The van der Waals surface area contributed by atoms with Gasteiger partial charge in [-0.05, 0) is 25.1 Å². The Labute approximate surface area is 178 Å². The van der Waals surface area contributed by atoms with E-state index < -0.39 is 17.7 Å². The van der Waals surface area contributed by atoms with E-state index in [1.807, 2.05) is 0 Å². The Morgan fingerprint density at radius 3 is 2.10 bits per heavy atom. The molecule has 30 heavy (non-hydrogen) atoms. The molecule has 1 amide bonds. The van der Waals surface area contributed by atoms with Crippen LogP contribution in [-0.4, -0.2) is 46.2 Å². The van der Waals surface area contributed by atoms with Gasteiger partial charge >= 0.3 is 0 Å². The third-order valence-corrected chi connectivity index (χ3v) is 4.32. The van der Waals surface area contributed by atoms with E-state index >= 15 is 0 Å². The molecule has 1 N–H and O–H groups in total. The molecule has 2 aromatic carbocycles. The molecule has 2 aromatic rings. The number of azo groups is 1. The molecule has 0 spiro atoms. The maximum atomic E-state index is 12.7. The van der Waals surface area contributed by atoms with Gasteiger partial charge in [-0.15, -0.1) is 0 Å². The molecular formula is C20H22ClN3O6. The van der Waals surface area contributed by atoms with Crippen molar-refractivity contribution in [1.29, 1.82) is 0 Å². The zero-order chi connectivity index (χ0) is 22.3. The molecule has 1 unspecified atom stereocenters. The molecule has 0 aliphatic rings. The van der Waals surface area contributed by atoms with E-state index in [0.29, 0.717) is 28.7 Å². The number of amides is 1. The Hall–Kier alpha value is -3.33. The van der Waals surface area contributed by atoms with Gasteiger partial charge in [0.25, 0.3) is 5.91 Å². The van der Waals surface area contributed by atoms with Crippen molar-refractivity contribution < 1.29 is 28.5 Å². The number of hydrogen-bond acceptors (Lipinski definition) is 8. The van der Waals surface area contributed by atoms with Crippen molar-refractivity contribution in [2.75, 3.05) is 33.8 Å². The monoisotopic (exact) mass is 435 g/mol. The topological polar surface area (TPSA) is 108 Å². The van der Waals surface area contributed by atoms with Crippen LogP contribution in [0, 0.1) is 0 Å². The maximum Gasteiger partial charge on any atom is 0.258 e. The van der Waals surface area contributed by atoms with Crippen LogP contribution in [0.1, 0.15) is 6.92 Å². The summed E-state index contributed by atoms with van der Waals surface area (Å²) in [5, 5.41) is 10.7. The Bertz CT molecular complexity index is 964. The van der Waals surface area contributed by atoms with Gasteiger partial charge in [0.2, 0.25) is 6.04 Å². The van der Waals surface area contributed by atoms with Crippen LogP contribution in [0.4, 0.5) is 11.4 Å². The van der Waals surface area contributed by atoms with Crippen LogP contribution in [0.2, 0.25) is 5.02 Å². The summed E-state index contributed by atoms with van der Waals surface area (Å²) in [5.74, 6) is 0.462. The minimum Gasteiger partial charge on any atom is -0.495 e. The van der Waals surface area contributed by atoms with Crippen molar-refractivity contribution in [3.05, 3.63) is 35.4 Å². The summed E-state index contributed by atoms with van der Waals surface area (Å²) in [5.41, 5.74) is 0.651. The third kappa shape index (κ3) is 5.38. The summed E-state index contributed by atoms with van der Waals surface area (Å²) in [6.07, 6.45) is 0. The van der Waals surface area contributed by atoms with Crippen molar-refractivity contribution in [2.24, 2.45) is 10.2 Å². The first kappa shape index (κ1) is 23.0. The number of benzene rings is 2. The van der Waals surface area contributed by atoms with Crippen molar-refractivity contribution >= 4 is 34.7 Å². The van der Waals surface area contributed by atoms with E-state index in [-0.39, 0.29) is 10.7 Å². The lowest BCUT2D eigenvalue weighted by Crippen LogP contribution is -2.32. The second-order valence-corrected chi connectivity index (χ2v) is 6.35. The number of rotatable bonds is 9. The largest absolute Gasteiger partial charge is 0.495 e. The molecule has 0 saturated heterocycles. The lowest BCUT2D eigenvalue weighted by molar-refractivity contribution is -0.126. The molecule has 9 nitrogen and oxygen atoms in total. The van der Waals surface area contributed by atoms with Gasteiger partial charge in [-0.25, -0.2) is 0 Å². The van der Waals surface area contributed by atoms with E-state index in [0.717, 1.165) is 0 Å². The zero-order valence-electron chi connectivity index (χ0n) is 17.2. The number of ketones is 1. The average molecular weight is 436 g/mol. The number of ether oxygens (including phenoxy) is 4. The Morgan fingerprint density at radius 1 is 0.900 bits per heavy atom. The van der Waals surface area contributed by atoms with Crippen molar-refractivity contribution in [2.45, 2.75) is 13.0 Å². The van der Waals surface area contributed by atoms with Crippen molar-refractivity contribution in [1.82, 2.24) is 0 Å². The predicted octanol–water partition coefficient (Wildman–Crippen LogP) is 4.05. The highest BCUT2D eigenvalue weighted by Crippen LogP contribution is 2.36. The van der Waals surface area contributed by atoms with Gasteiger partial charge in [-0.2, -0.15) is 10.2 Å². The minimum absolute atomic E-state index is 0.264. The molecule has 0 radical (unpaired) electrons. The number of anilines is 1. The van der Waals surface area contributed by atoms with E-state index in [2.05, 4.69) is 15.5 Å². The predicted molar refractivity (Wildman–Crippen MR) is 112 cm³/mol. The van der Waals surface area contributed by atoms with Crippen LogP contribution >= 0.6 is 11.6 Å². The first-order valence-electron chi connectivity index (χ1n) is 8.70. The number of carbonyl (C=O) groups excluding carboxylic acids is 2. The van der Waals surface area contributed by atoms with E-state index in [1.54, 1.807) is 18.2 Å². The van der Waals surface area contributed by atoms with Gasteiger partial charge in [0.15, 0.2) is 17.3 Å². The quantitative estimate of drug-likeness (QED) is 0.470. The third-order valence-electron chi connectivity index (χ3n) is 4.02. The second kappa shape index (κ2) is 10.4. The molecule has 2 rings (SSSR count). The number of nitrogens with one attached hydrogen (secondary N) is 1. The molecule has 1 atom stereocenters. The molecule has 0 saturated carbocycles. The van der Waals surface area contributed by atoms with E-state index in [9.17, 15) is 9.59 Å². The zero-order valence-corrected chi connectivity index (χ0v) is 17.9. The smallest absolute Gasteiger partial charge is 0.258 e. The van der Waals surface area contributed by atoms with Crippen molar-refractivity contribution in [3.8, 4) is 23.0 Å². The van der Waals surface area contributed by atoms with Gasteiger partial charge in [-0.1, -0.05) is 11.6 Å². The van der Waals surface area contributed by atoms with Crippen LogP contribution in [0.25, 0.3) is 0 Å².